The highest BCUT2D eigenvalue weighted by molar-refractivity contribution is 5.61. The number of halogens is 2. The van der Waals surface area contributed by atoms with Crippen LogP contribution in [-0.4, -0.2) is 12.1 Å². The first-order chi connectivity index (χ1) is 7.72. The van der Waals surface area contributed by atoms with Crippen LogP contribution in [0.3, 0.4) is 0 Å². The molecule has 0 bridgehead atoms. The fourth-order valence-corrected chi connectivity index (χ4v) is 1.41. The molecule has 1 aromatic heterocycles. The van der Waals surface area contributed by atoms with Crippen molar-refractivity contribution < 1.29 is 13.5 Å². The molecule has 0 spiro atoms. The normalized spacial score (nSPS) is 10.2. The average Bonchev–Trinajstić information content (AvgIpc) is 2.29. The molecule has 0 N–H and O–H groups in total. The molecule has 0 saturated carbocycles. The predicted octanol–water partition coefficient (Wildman–Crippen LogP) is 3.04. The Kier molecular flexibility index (Phi) is 2.81. The molecular weight excluding hydrogens is 212 g/mol. The maximum atomic E-state index is 13.5. The van der Waals surface area contributed by atoms with Crippen LogP contribution in [0.2, 0.25) is 0 Å². The number of hydrogen-bond acceptors (Lipinski definition) is 2. The minimum absolute atomic E-state index is 0.138. The topological polar surface area (TPSA) is 22.1 Å². The molecule has 2 rings (SSSR count). The molecule has 0 aliphatic carbocycles. The number of hydrogen-bond donors (Lipinski definition) is 0. The van der Waals surface area contributed by atoms with E-state index in [1.165, 1.54) is 31.4 Å². The van der Waals surface area contributed by atoms with E-state index in [0.717, 1.165) is 0 Å². The molecule has 1 heterocycles. The summed E-state index contributed by atoms with van der Waals surface area (Å²) >= 11 is 0. The SMILES string of the molecule is COc1cccc(-c2c(F)cccc2F)n1. The van der Waals surface area contributed by atoms with Gasteiger partial charge in [0.1, 0.15) is 11.6 Å². The van der Waals surface area contributed by atoms with E-state index >= 15 is 0 Å². The third-order valence-electron chi connectivity index (χ3n) is 2.15. The maximum Gasteiger partial charge on any atom is 0.213 e. The average molecular weight is 221 g/mol. The highest BCUT2D eigenvalue weighted by Gasteiger charge is 2.12. The molecule has 0 atom stereocenters. The van der Waals surface area contributed by atoms with Gasteiger partial charge in [0.05, 0.1) is 18.4 Å². The zero-order chi connectivity index (χ0) is 11.5. The van der Waals surface area contributed by atoms with Crippen molar-refractivity contribution in [2.75, 3.05) is 7.11 Å². The molecule has 4 heteroatoms. The largest absolute Gasteiger partial charge is 0.481 e. The van der Waals surface area contributed by atoms with Gasteiger partial charge in [-0.25, -0.2) is 13.8 Å². The van der Waals surface area contributed by atoms with Crippen molar-refractivity contribution in [2.24, 2.45) is 0 Å². The van der Waals surface area contributed by atoms with Crippen molar-refractivity contribution in [2.45, 2.75) is 0 Å². The highest BCUT2D eigenvalue weighted by atomic mass is 19.1. The summed E-state index contributed by atoms with van der Waals surface area (Å²) in [5, 5.41) is 0. The molecule has 16 heavy (non-hydrogen) atoms. The lowest BCUT2D eigenvalue weighted by molar-refractivity contribution is 0.398. The van der Waals surface area contributed by atoms with E-state index in [4.69, 9.17) is 4.74 Å². The number of nitrogens with zero attached hydrogens (tertiary/aromatic N) is 1. The van der Waals surface area contributed by atoms with Crippen molar-refractivity contribution in [3.05, 3.63) is 48.0 Å². The summed E-state index contributed by atoms with van der Waals surface area (Å²) < 4.78 is 31.8. The Hall–Kier alpha value is -1.97. The van der Waals surface area contributed by atoms with Gasteiger partial charge in [-0.1, -0.05) is 12.1 Å². The van der Waals surface area contributed by atoms with Crippen molar-refractivity contribution in [3.63, 3.8) is 0 Å². The molecule has 0 saturated heterocycles. The lowest BCUT2D eigenvalue weighted by Crippen LogP contribution is -1.94. The van der Waals surface area contributed by atoms with Crippen LogP contribution in [0.25, 0.3) is 11.3 Å². The second-order valence-corrected chi connectivity index (χ2v) is 3.16. The van der Waals surface area contributed by atoms with Gasteiger partial charge >= 0.3 is 0 Å². The first kappa shape index (κ1) is 10.5. The molecular formula is C12H9F2NO. The molecule has 0 aliphatic rings. The number of methoxy groups -OCH3 is 1. The monoisotopic (exact) mass is 221 g/mol. The maximum absolute atomic E-state index is 13.5. The van der Waals surface area contributed by atoms with Crippen molar-refractivity contribution in [3.8, 4) is 17.1 Å². The second-order valence-electron chi connectivity index (χ2n) is 3.16. The first-order valence-corrected chi connectivity index (χ1v) is 4.68. The highest BCUT2D eigenvalue weighted by Crippen LogP contribution is 2.25. The third kappa shape index (κ3) is 1.86. The van der Waals surface area contributed by atoms with Crippen LogP contribution in [-0.2, 0) is 0 Å². The molecule has 1 aromatic carbocycles. The van der Waals surface area contributed by atoms with E-state index < -0.39 is 11.6 Å². The predicted molar refractivity (Wildman–Crippen MR) is 56.1 cm³/mol. The zero-order valence-electron chi connectivity index (χ0n) is 8.58. The van der Waals surface area contributed by atoms with Crippen LogP contribution in [0, 0.1) is 11.6 Å². The Balaban J connectivity index is 2.58. The molecule has 0 radical (unpaired) electrons. The van der Waals surface area contributed by atoms with E-state index in [2.05, 4.69) is 4.98 Å². The minimum atomic E-state index is -0.638. The van der Waals surface area contributed by atoms with Crippen molar-refractivity contribution in [1.82, 2.24) is 4.98 Å². The Bertz CT molecular complexity index is 494. The molecule has 0 aliphatic heterocycles. The zero-order valence-corrected chi connectivity index (χ0v) is 8.58. The smallest absolute Gasteiger partial charge is 0.213 e. The van der Waals surface area contributed by atoms with Crippen molar-refractivity contribution in [1.29, 1.82) is 0 Å². The molecule has 2 nitrogen and oxygen atoms in total. The Morgan fingerprint density at radius 1 is 1.00 bits per heavy atom. The van der Waals surface area contributed by atoms with Gasteiger partial charge in [0.25, 0.3) is 0 Å². The van der Waals surface area contributed by atoms with Crippen molar-refractivity contribution >= 4 is 0 Å². The van der Waals surface area contributed by atoms with Gasteiger partial charge in [-0.3, -0.25) is 0 Å². The molecule has 2 aromatic rings. The number of rotatable bonds is 2. The summed E-state index contributed by atoms with van der Waals surface area (Å²) in [5.74, 6) is -0.957. The van der Waals surface area contributed by atoms with Gasteiger partial charge in [0.2, 0.25) is 5.88 Å². The van der Waals surface area contributed by atoms with Gasteiger partial charge in [0, 0.05) is 6.07 Å². The van der Waals surface area contributed by atoms with Gasteiger partial charge in [0.15, 0.2) is 0 Å². The summed E-state index contributed by atoms with van der Waals surface area (Å²) in [6.07, 6.45) is 0. The fraction of sp³-hybridized carbons (Fsp3) is 0.0833. The number of pyridine rings is 1. The Morgan fingerprint density at radius 3 is 2.25 bits per heavy atom. The van der Waals surface area contributed by atoms with Crippen LogP contribution < -0.4 is 4.74 Å². The Labute approximate surface area is 91.5 Å². The number of benzene rings is 1. The standard InChI is InChI=1S/C12H9F2NO/c1-16-11-7-3-6-10(15-11)12-8(13)4-2-5-9(12)14/h2-7H,1H3. The van der Waals surface area contributed by atoms with Crippen LogP contribution in [0.15, 0.2) is 36.4 Å². The van der Waals surface area contributed by atoms with Crippen LogP contribution >= 0.6 is 0 Å². The quantitative estimate of drug-likeness (QED) is 0.777. The van der Waals surface area contributed by atoms with Gasteiger partial charge in [-0.2, -0.15) is 0 Å². The van der Waals surface area contributed by atoms with Gasteiger partial charge < -0.3 is 4.74 Å². The fourth-order valence-electron chi connectivity index (χ4n) is 1.41. The second kappa shape index (κ2) is 4.26. The van der Waals surface area contributed by atoms with E-state index in [-0.39, 0.29) is 11.3 Å². The summed E-state index contributed by atoms with van der Waals surface area (Å²) in [7, 11) is 1.45. The minimum Gasteiger partial charge on any atom is -0.481 e. The Morgan fingerprint density at radius 2 is 1.62 bits per heavy atom. The molecule has 0 fully saturated rings. The summed E-state index contributed by atoms with van der Waals surface area (Å²) in [4.78, 5) is 3.98. The van der Waals surface area contributed by atoms with E-state index in [0.29, 0.717) is 5.88 Å². The van der Waals surface area contributed by atoms with E-state index in [9.17, 15) is 8.78 Å². The molecule has 82 valence electrons. The van der Waals surface area contributed by atoms with Gasteiger partial charge in [-0.05, 0) is 18.2 Å². The summed E-state index contributed by atoms with van der Waals surface area (Å²) in [5.41, 5.74) is 0.0800. The van der Waals surface area contributed by atoms with E-state index in [1.807, 2.05) is 0 Å². The van der Waals surface area contributed by atoms with E-state index in [1.54, 1.807) is 12.1 Å². The lowest BCUT2D eigenvalue weighted by Gasteiger charge is -2.05. The van der Waals surface area contributed by atoms with Crippen LogP contribution in [0.1, 0.15) is 0 Å². The number of aromatic nitrogens is 1. The van der Waals surface area contributed by atoms with Gasteiger partial charge in [-0.15, -0.1) is 0 Å². The first-order valence-electron chi connectivity index (χ1n) is 4.68. The third-order valence-corrected chi connectivity index (χ3v) is 2.15. The molecule has 0 amide bonds. The van der Waals surface area contributed by atoms with Crippen LogP contribution in [0.4, 0.5) is 8.78 Å². The number of ether oxygens (including phenoxy) is 1. The molecule has 0 unspecified atom stereocenters. The summed E-state index contributed by atoms with van der Waals surface area (Å²) in [6, 6.07) is 8.48. The van der Waals surface area contributed by atoms with Crippen LogP contribution in [0.5, 0.6) is 5.88 Å². The summed E-state index contributed by atoms with van der Waals surface area (Å²) in [6.45, 7) is 0. The lowest BCUT2D eigenvalue weighted by atomic mass is 10.1.